The predicted molar refractivity (Wildman–Crippen MR) is 118 cm³/mol. The number of aliphatic hydroxyl groups is 1. The van der Waals surface area contributed by atoms with Crippen LogP contribution in [0.3, 0.4) is 0 Å². The predicted octanol–water partition coefficient (Wildman–Crippen LogP) is 1.45. The minimum Gasteiger partial charge on any atom is -0.463 e. The third kappa shape index (κ3) is 7.02. The second-order valence-electron chi connectivity index (χ2n) is 7.07. The van der Waals surface area contributed by atoms with Crippen LogP contribution in [0.4, 0.5) is 5.69 Å². The molecule has 2 rings (SSSR count). The first-order valence-electron chi connectivity index (χ1n) is 9.63. The second kappa shape index (κ2) is 11.4. The number of para-hydroxylation sites is 1. The molecule has 1 aromatic rings. The number of aryl methyl sites for hydroxylation is 1. The zero-order chi connectivity index (χ0) is 24.0. The van der Waals surface area contributed by atoms with E-state index in [9.17, 15) is 19.5 Å². The molecule has 0 unspecified atom stereocenters. The molecule has 0 spiro atoms. The van der Waals surface area contributed by atoms with Crippen LogP contribution in [0.25, 0.3) is 0 Å². The summed E-state index contributed by atoms with van der Waals surface area (Å²) < 4.78 is 21.1. The van der Waals surface area contributed by atoms with E-state index in [0.29, 0.717) is 10.7 Å². The number of aliphatic hydroxyl groups excluding tert-OH is 1. The van der Waals surface area contributed by atoms with Gasteiger partial charge in [-0.1, -0.05) is 23.7 Å². The third-order valence-electron chi connectivity index (χ3n) is 4.48. The van der Waals surface area contributed by atoms with E-state index in [-0.39, 0.29) is 11.7 Å². The molecular formula is C20H25ClN2O8S. The van der Waals surface area contributed by atoms with Crippen molar-refractivity contribution in [2.45, 2.75) is 58.3 Å². The summed E-state index contributed by atoms with van der Waals surface area (Å²) in [5, 5.41) is 16.8. The highest BCUT2D eigenvalue weighted by molar-refractivity contribution is 7.80. The number of carbonyl (C=O) groups excluding carboxylic acids is 3. The number of hydrogen-bond acceptors (Lipinski definition) is 9. The number of esters is 3. The van der Waals surface area contributed by atoms with Crippen LogP contribution in [0, 0.1) is 6.92 Å². The molecule has 0 amide bonds. The summed E-state index contributed by atoms with van der Waals surface area (Å²) in [6, 6.07) is 4.16. The lowest BCUT2D eigenvalue weighted by Gasteiger charge is -2.43. The topological polar surface area (TPSA) is 132 Å². The Kier molecular flexibility index (Phi) is 9.20. The molecule has 3 N–H and O–H groups in total. The van der Waals surface area contributed by atoms with Crippen molar-refractivity contribution in [1.82, 2.24) is 5.32 Å². The number of rotatable bonds is 6. The number of carbonyl (C=O) groups is 3. The molecule has 1 aromatic carbocycles. The van der Waals surface area contributed by atoms with Gasteiger partial charge in [0.25, 0.3) is 0 Å². The van der Waals surface area contributed by atoms with E-state index in [1.54, 1.807) is 12.1 Å². The lowest BCUT2D eigenvalue weighted by Crippen LogP contribution is -2.66. The van der Waals surface area contributed by atoms with Crippen LogP contribution in [-0.4, -0.2) is 65.4 Å². The SMILES string of the molecule is CC(=O)OC[C@H]1O[C@@H](O)[C@H](NC(=S)Nc2c(C)cccc2Cl)[C@@H](OC(C)=O)[C@@H]1OC(C)=O. The van der Waals surface area contributed by atoms with Gasteiger partial charge in [0.1, 0.15) is 18.8 Å². The van der Waals surface area contributed by atoms with Gasteiger partial charge in [0.15, 0.2) is 23.6 Å². The number of anilines is 1. The zero-order valence-corrected chi connectivity index (χ0v) is 19.5. The monoisotopic (exact) mass is 488 g/mol. The van der Waals surface area contributed by atoms with Crippen LogP contribution in [0.15, 0.2) is 18.2 Å². The zero-order valence-electron chi connectivity index (χ0n) is 17.9. The van der Waals surface area contributed by atoms with Crippen molar-refractivity contribution in [3.8, 4) is 0 Å². The van der Waals surface area contributed by atoms with E-state index >= 15 is 0 Å². The Labute approximate surface area is 195 Å². The van der Waals surface area contributed by atoms with Crippen molar-refractivity contribution in [3.05, 3.63) is 28.8 Å². The van der Waals surface area contributed by atoms with E-state index in [1.165, 1.54) is 6.92 Å². The molecule has 1 saturated heterocycles. The molecule has 5 atom stereocenters. The van der Waals surface area contributed by atoms with Gasteiger partial charge in [-0.05, 0) is 30.8 Å². The Balaban J connectivity index is 2.28. The summed E-state index contributed by atoms with van der Waals surface area (Å²) in [6.07, 6.45) is -5.05. The van der Waals surface area contributed by atoms with E-state index in [1.807, 2.05) is 13.0 Å². The van der Waals surface area contributed by atoms with Crippen molar-refractivity contribution < 1.29 is 38.4 Å². The molecule has 1 fully saturated rings. The van der Waals surface area contributed by atoms with Crippen LogP contribution < -0.4 is 10.6 Å². The summed E-state index contributed by atoms with van der Waals surface area (Å²) in [5.74, 6) is -1.99. The first-order chi connectivity index (χ1) is 15.0. The molecule has 0 bridgehead atoms. The first kappa shape index (κ1) is 25.8. The molecule has 176 valence electrons. The van der Waals surface area contributed by atoms with Gasteiger partial charge < -0.3 is 34.7 Å². The summed E-state index contributed by atoms with van der Waals surface area (Å²) in [6.45, 7) is 5.00. The number of ether oxygens (including phenoxy) is 4. The van der Waals surface area contributed by atoms with Gasteiger partial charge in [-0.3, -0.25) is 14.4 Å². The average molecular weight is 489 g/mol. The molecule has 0 aliphatic carbocycles. The minimum absolute atomic E-state index is 0.0472. The maximum absolute atomic E-state index is 11.8. The minimum atomic E-state index is -1.56. The Morgan fingerprint density at radius 2 is 1.75 bits per heavy atom. The smallest absolute Gasteiger partial charge is 0.303 e. The average Bonchev–Trinajstić information content (AvgIpc) is 2.67. The van der Waals surface area contributed by atoms with Crippen molar-refractivity contribution in [2.24, 2.45) is 0 Å². The molecule has 1 aliphatic rings. The third-order valence-corrected chi connectivity index (χ3v) is 5.01. The second-order valence-corrected chi connectivity index (χ2v) is 7.89. The molecule has 1 aliphatic heterocycles. The van der Waals surface area contributed by atoms with Crippen LogP contribution in [0.5, 0.6) is 0 Å². The fourth-order valence-corrected chi connectivity index (χ4v) is 3.67. The van der Waals surface area contributed by atoms with E-state index in [0.717, 1.165) is 19.4 Å². The summed E-state index contributed by atoms with van der Waals surface area (Å²) >= 11 is 11.5. The number of hydrogen-bond donors (Lipinski definition) is 3. The number of nitrogens with one attached hydrogen (secondary N) is 2. The molecule has 0 aromatic heterocycles. The van der Waals surface area contributed by atoms with E-state index < -0.39 is 48.6 Å². The van der Waals surface area contributed by atoms with Crippen LogP contribution in [0.2, 0.25) is 5.02 Å². The largest absolute Gasteiger partial charge is 0.463 e. The molecule has 12 heteroatoms. The highest BCUT2D eigenvalue weighted by atomic mass is 35.5. The summed E-state index contributed by atoms with van der Waals surface area (Å²) in [5.41, 5.74) is 1.36. The van der Waals surface area contributed by atoms with Gasteiger partial charge in [0.2, 0.25) is 0 Å². The fourth-order valence-electron chi connectivity index (χ4n) is 3.16. The molecule has 32 heavy (non-hydrogen) atoms. The maximum atomic E-state index is 11.8. The number of thiocarbonyl (C=S) groups is 1. The highest BCUT2D eigenvalue weighted by Gasteiger charge is 2.50. The van der Waals surface area contributed by atoms with Gasteiger partial charge in [-0.25, -0.2) is 0 Å². The summed E-state index contributed by atoms with van der Waals surface area (Å²) in [4.78, 5) is 34.7. The Hall–Kier alpha value is -2.47. The van der Waals surface area contributed by atoms with E-state index in [2.05, 4.69) is 10.6 Å². The first-order valence-corrected chi connectivity index (χ1v) is 10.4. The number of benzene rings is 1. The Bertz CT molecular complexity index is 863. The highest BCUT2D eigenvalue weighted by Crippen LogP contribution is 2.28. The lowest BCUT2D eigenvalue weighted by molar-refractivity contribution is -0.263. The van der Waals surface area contributed by atoms with Gasteiger partial charge in [0, 0.05) is 20.8 Å². The molecule has 0 radical (unpaired) electrons. The quantitative estimate of drug-likeness (QED) is 0.305. The van der Waals surface area contributed by atoms with Crippen molar-refractivity contribution in [3.63, 3.8) is 0 Å². The van der Waals surface area contributed by atoms with Gasteiger partial charge in [-0.15, -0.1) is 0 Å². The van der Waals surface area contributed by atoms with Gasteiger partial charge >= 0.3 is 17.9 Å². The lowest BCUT2D eigenvalue weighted by atomic mass is 9.96. The normalized spacial score (nSPS) is 24.8. The van der Waals surface area contributed by atoms with Crippen molar-refractivity contribution in [1.29, 1.82) is 0 Å². The van der Waals surface area contributed by atoms with Crippen LogP contribution >= 0.6 is 23.8 Å². The van der Waals surface area contributed by atoms with Gasteiger partial charge in [0.05, 0.1) is 10.7 Å². The van der Waals surface area contributed by atoms with Gasteiger partial charge in [-0.2, -0.15) is 0 Å². The van der Waals surface area contributed by atoms with Crippen LogP contribution in [0.1, 0.15) is 26.3 Å². The summed E-state index contributed by atoms with van der Waals surface area (Å²) in [7, 11) is 0. The van der Waals surface area contributed by atoms with Crippen LogP contribution in [-0.2, 0) is 33.3 Å². The fraction of sp³-hybridized carbons (Fsp3) is 0.500. The maximum Gasteiger partial charge on any atom is 0.303 e. The van der Waals surface area contributed by atoms with Crippen molar-refractivity contribution >= 4 is 52.5 Å². The molecule has 10 nitrogen and oxygen atoms in total. The van der Waals surface area contributed by atoms with Crippen molar-refractivity contribution in [2.75, 3.05) is 11.9 Å². The molecule has 1 heterocycles. The molecular weight excluding hydrogens is 464 g/mol. The number of halogens is 1. The van der Waals surface area contributed by atoms with E-state index in [4.69, 9.17) is 42.8 Å². The standard InChI is InChI=1S/C20H25ClN2O8S/c1-9-6-5-7-13(21)15(9)22-20(32)23-16-18(30-12(4)26)17(29-11(3)25)14(31-19(16)27)8-28-10(2)24/h5-7,14,16-19,27H,8H2,1-4H3,(H2,22,23,32)/t14-,16-,17-,18-,19-/m1/s1. The Morgan fingerprint density at radius 3 is 2.31 bits per heavy atom. The molecule has 0 saturated carbocycles. The Morgan fingerprint density at radius 1 is 1.12 bits per heavy atom.